The average Bonchev–Trinajstić information content (AvgIpc) is 2.53. The van der Waals surface area contributed by atoms with E-state index in [4.69, 9.17) is 11.5 Å². The molecular formula is C14H13N7O2. The van der Waals surface area contributed by atoms with Crippen LogP contribution in [0.5, 0.6) is 0 Å². The number of anilines is 3. The van der Waals surface area contributed by atoms with Crippen molar-refractivity contribution in [3.63, 3.8) is 0 Å². The molecule has 0 amide bonds. The lowest BCUT2D eigenvalue weighted by Crippen LogP contribution is -2.04. The van der Waals surface area contributed by atoms with E-state index in [0.717, 1.165) is 5.56 Å². The lowest BCUT2D eigenvalue weighted by atomic mass is 10.2. The molecule has 0 bridgehead atoms. The Morgan fingerprint density at radius 2 is 2.04 bits per heavy atom. The van der Waals surface area contributed by atoms with Crippen LogP contribution in [0.15, 0.2) is 36.5 Å². The maximum Gasteiger partial charge on any atom is 0.271 e. The van der Waals surface area contributed by atoms with Crippen molar-refractivity contribution in [2.24, 2.45) is 0 Å². The third kappa shape index (κ3) is 3.07. The van der Waals surface area contributed by atoms with Crippen molar-refractivity contribution in [2.45, 2.75) is 6.54 Å². The second-order valence-corrected chi connectivity index (χ2v) is 4.84. The number of non-ortho nitro benzene ring substituents is 1. The third-order valence-electron chi connectivity index (χ3n) is 3.21. The van der Waals surface area contributed by atoms with E-state index in [9.17, 15) is 10.1 Å². The molecule has 0 fully saturated rings. The Labute approximate surface area is 130 Å². The molecule has 5 N–H and O–H groups in total. The molecule has 116 valence electrons. The van der Waals surface area contributed by atoms with Crippen molar-refractivity contribution >= 4 is 34.2 Å². The zero-order chi connectivity index (χ0) is 16.4. The number of nitrogens with one attached hydrogen (secondary N) is 1. The zero-order valence-electron chi connectivity index (χ0n) is 11.9. The molecule has 0 unspecified atom stereocenters. The number of nitro benzene ring substituents is 1. The van der Waals surface area contributed by atoms with Crippen LogP contribution in [-0.2, 0) is 6.54 Å². The van der Waals surface area contributed by atoms with Crippen LogP contribution in [0.3, 0.4) is 0 Å². The first-order valence-corrected chi connectivity index (χ1v) is 6.69. The summed E-state index contributed by atoms with van der Waals surface area (Å²) >= 11 is 0. The van der Waals surface area contributed by atoms with E-state index >= 15 is 0 Å². The van der Waals surface area contributed by atoms with Gasteiger partial charge in [0.15, 0.2) is 5.65 Å². The van der Waals surface area contributed by atoms with Gasteiger partial charge in [-0.05, 0) is 17.7 Å². The van der Waals surface area contributed by atoms with Gasteiger partial charge in [0.2, 0.25) is 5.95 Å². The number of nitrogens with zero attached hydrogens (tertiary/aromatic N) is 4. The van der Waals surface area contributed by atoms with Crippen molar-refractivity contribution in [1.82, 2.24) is 15.0 Å². The summed E-state index contributed by atoms with van der Waals surface area (Å²) in [5, 5.41) is 14.5. The molecule has 0 spiro atoms. The van der Waals surface area contributed by atoms with Gasteiger partial charge in [-0.3, -0.25) is 10.1 Å². The highest BCUT2D eigenvalue weighted by Crippen LogP contribution is 2.20. The molecule has 2 aromatic heterocycles. The monoisotopic (exact) mass is 311 g/mol. The molecule has 3 rings (SSSR count). The second-order valence-electron chi connectivity index (χ2n) is 4.84. The summed E-state index contributed by atoms with van der Waals surface area (Å²) in [6.45, 7) is 0.425. The molecule has 0 atom stereocenters. The fourth-order valence-electron chi connectivity index (χ4n) is 2.13. The van der Waals surface area contributed by atoms with Gasteiger partial charge in [0.05, 0.1) is 10.3 Å². The van der Waals surface area contributed by atoms with Gasteiger partial charge in [-0.2, -0.15) is 9.97 Å². The largest absolute Gasteiger partial charge is 0.383 e. The minimum Gasteiger partial charge on any atom is -0.383 e. The number of nitro groups is 1. The number of benzene rings is 1. The first-order chi connectivity index (χ1) is 11.0. The van der Waals surface area contributed by atoms with Crippen molar-refractivity contribution in [3.8, 4) is 0 Å². The molecule has 2 heterocycles. The van der Waals surface area contributed by atoms with Gasteiger partial charge in [0.25, 0.3) is 5.69 Å². The normalized spacial score (nSPS) is 10.6. The first-order valence-electron chi connectivity index (χ1n) is 6.69. The molecule has 23 heavy (non-hydrogen) atoms. The molecule has 9 heteroatoms. The van der Waals surface area contributed by atoms with Crippen LogP contribution in [0.2, 0.25) is 0 Å². The average molecular weight is 311 g/mol. The summed E-state index contributed by atoms with van der Waals surface area (Å²) in [6.07, 6.45) is 1.64. The summed E-state index contributed by atoms with van der Waals surface area (Å²) < 4.78 is 0. The Morgan fingerprint density at radius 1 is 1.22 bits per heavy atom. The highest BCUT2D eigenvalue weighted by atomic mass is 16.6. The smallest absolute Gasteiger partial charge is 0.271 e. The van der Waals surface area contributed by atoms with Crippen LogP contribution in [0, 0.1) is 10.1 Å². The molecule has 3 aromatic rings. The molecule has 0 aliphatic rings. The number of nitrogen functional groups attached to an aromatic ring is 2. The van der Waals surface area contributed by atoms with Crippen molar-refractivity contribution < 1.29 is 4.92 Å². The number of hydrogen-bond donors (Lipinski definition) is 3. The Bertz CT molecular complexity index is 897. The quantitative estimate of drug-likeness (QED) is 0.487. The van der Waals surface area contributed by atoms with Crippen LogP contribution < -0.4 is 16.8 Å². The third-order valence-corrected chi connectivity index (χ3v) is 3.21. The maximum absolute atomic E-state index is 10.8. The van der Waals surface area contributed by atoms with Crippen LogP contribution in [0.4, 0.5) is 23.1 Å². The number of nitrogens with two attached hydrogens (primary N) is 2. The minimum absolute atomic E-state index is 0.0276. The number of fused-ring (bicyclic) bond motifs is 1. The zero-order valence-corrected chi connectivity index (χ0v) is 11.9. The molecule has 0 radical (unpaired) electrons. The van der Waals surface area contributed by atoms with Gasteiger partial charge < -0.3 is 16.8 Å². The van der Waals surface area contributed by atoms with Gasteiger partial charge in [-0.1, -0.05) is 6.07 Å². The molecular weight excluding hydrogens is 298 g/mol. The predicted octanol–water partition coefficient (Wildman–Crippen LogP) is 1.71. The van der Waals surface area contributed by atoms with E-state index in [1.165, 1.54) is 12.1 Å². The van der Waals surface area contributed by atoms with Crippen LogP contribution in [0.25, 0.3) is 11.0 Å². The maximum atomic E-state index is 10.8. The summed E-state index contributed by atoms with van der Waals surface area (Å²) in [7, 11) is 0. The number of aromatic nitrogens is 3. The Hall–Kier alpha value is -3.49. The van der Waals surface area contributed by atoms with E-state index < -0.39 is 4.92 Å². The van der Waals surface area contributed by atoms with E-state index in [1.807, 2.05) is 6.07 Å². The minimum atomic E-state index is -0.439. The van der Waals surface area contributed by atoms with Gasteiger partial charge in [-0.25, -0.2) is 4.98 Å². The van der Waals surface area contributed by atoms with Crippen molar-refractivity contribution in [2.75, 3.05) is 16.8 Å². The summed E-state index contributed by atoms with van der Waals surface area (Å²) in [6, 6.07) is 8.08. The van der Waals surface area contributed by atoms with Crippen LogP contribution in [-0.4, -0.2) is 19.9 Å². The van der Waals surface area contributed by atoms with Crippen molar-refractivity contribution in [3.05, 3.63) is 52.2 Å². The molecule has 9 nitrogen and oxygen atoms in total. The fraction of sp³-hybridized carbons (Fsp3) is 0.0714. The van der Waals surface area contributed by atoms with Crippen LogP contribution in [0.1, 0.15) is 5.56 Å². The van der Waals surface area contributed by atoms with Gasteiger partial charge in [0, 0.05) is 30.6 Å². The standard InChI is InChI=1S/C14H13N7O2/c15-12-11-4-8(7-18-13(11)20-14(16)19-12)6-17-9-2-1-3-10(5-9)21(22)23/h1-5,7,17H,6H2,(H4,15,16,18,19,20). The summed E-state index contributed by atoms with van der Waals surface area (Å²) in [4.78, 5) is 22.4. The van der Waals surface area contributed by atoms with E-state index in [-0.39, 0.29) is 17.5 Å². The lowest BCUT2D eigenvalue weighted by molar-refractivity contribution is -0.384. The Kier molecular flexibility index (Phi) is 3.59. The number of rotatable bonds is 4. The van der Waals surface area contributed by atoms with Gasteiger partial charge in [0.1, 0.15) is 5.82 Å². The van der Waals surface area contributed by atoms with E-state index in [1.54, 1.807) is 18.3 Å². The molecule has 0 aliphatic carbocycles. The van der Waals surface area contributed by atoms with E-state index in [0.29, 0.717) is 23.3 Å². The SMILES string of the molecule is Nc1nc(N)c2cc(CNc3cccc([N+](=O)[O-])c3)cnc2n1. The fourth-order valence-corrected chi connectivity index (χ4v) is 2.13. The van der Waals surface area contributed by atoms with Gasteiger partial charge in [-0.15, -0.1) is 0 Å². The topological polar surface area (TPSA) is 146 Å². The summed E-state index contributed by atoms with van der Waals surface area (Å²) in [5.41, 5.74) is 13.3. The molecule has 0 aliphatic heterocycles. The van der Waals surface area contributed by atoms with Crippen LogP contribution >= 0.6 is 0 Å². The highest BCUT2D eigenvalue weighted by Gasteiger charge is 2.07. The molecule has 0 saturated carbocycles. The predicted molar refractivity (Wildman–Crippen MR) is 86.6 cm³/mol. The second kappa shape index (κ2) is 5.72. The Morgan fingerprint density at radius 3 is 2.83 bits per heavy atom. The number of pyridine rings is 1. The molecule has 0 saturated heterocycles. The summed E-state index contributed by atoms with van der Waals surface area (Å²) in [5.74, 6) is 0.335. The first kappa shape index (κ1) is 14.4. The van der Waals surface area contributed by atoms with Crippen molar-refractivity contribution in [1.29, 1.82) is 0 Å². The molecule has 1 aromatic carbocycles. The number of hydrogen-bond acceptors (Lipinski definition) is 8. The lowest BCUT2D eigenvalue weighted by Gasteiger charge is -2.08. The highest BCUT2D eigenvalue weighted by molar-refractivity contribution is 5.86. The van der Waals surface area contributed by atoms with E-state index in [2.05, 4.69) is 20.3 Å². The van der Waals surface area contributed by atoms with Gasteiger partial charge >= 0.3 is 0 Å². The Balaban J connectivity index is 1.82.